The number of rotatable bonds is 6. The van der Waals surface area contributed by atoms with Crippen molar-refractivity contribution in [3.63, 3.8) is 0 Å². The smallest absolute Gasteiger partial charge is 0.303 e. The monoisotopic (exact) mass is 260 g/mol. The van der Waals surface area contributed by atoms with Gasteiger partial charge in [-0.2, -0.15) is 0 Å². The number of aromatic nitrogens is 2. The fraction of sp³-hybridized carbons (Fsp3) is 0.357. The molecule has 0 aliphatic carbocycles. The first-order chi connectivity index (χ1) is 9.19. The largest absolute Gasteiger partial charge is 0.481 e. The minimum Gasteiger partial charge on any atom is -0.481 e. The maximum Gasteiger partial charge on any atom is 0.303 e. The molecule has 0 saturated carbocycles. The van der Waals surface area contributed by atoms with E-state index in [1.165, 1.54) is 5.56 Å². The molecule has 0 fully saturated rings. The highest BCUT2D eigenvalue weighted by atomic mass is 16.4. The van der Waals surface area contributed by atoms with Crippen LogP contribution in [0.4, 0.5) is 0 Å². The summed E-state index contributed by atoms with van der Waals surface area (Å²) in [4.78, 5) is 10.4. The van der Waals surface area contributed by atoms with E-state index in [0.29, 0.717) is 24.6 Å². The van der Waals surface area contributed by atoms with Gasteiger partial charge in [-0.15, -0.1) is 10.2 Å². The number of carboxylic acid groups (broad SMARTS) is 1. The molecule has 2 aromatic rings. The van der Waals surface area contributed by atoms with Crippen LogP contribution in [0.1, 0.15) is 31.2 Å². The van der Waals surface area contributed by atoms with E-state index in [-0.39, 0.29) is 6.42 Å². The molecule has 0 spiro atoms. The maximum atomic E-state index is 10.4. The first kappa shape index (κ1) is 13.3. The molecule has 0 saturated heterocycles. The second-order valence-corrected chi connectivity index (χ2v) is 4.30. The van der Waals surface area contributed by atoms with E-state index >= 15 is 0 Å². The summed E-state index contributed by atoms with van der Waals surface area (Å²) in [5.74, 6) is 0.152. The summed E-state index contributed by atoms with van der Waals surface area (Å²) in [5.41, 5.74) is 2.14. The normalized spacial score (nSPS) is 10.6. The summed E-state index contributed by atoms with van der Waals surface area (Å²) in [6, 6.07) is 7.97. The molecule has 1 heterocycles. The van der Waals surface area contributed by atoms with Crippen molar-refractivity contribution in [1.29, 1.82) is 0 Å². The summed E-state index contributed by atoms with van der Waals surface area (Å²) >= 11 is 0. The third-order valence-corrected chi connectivity index (χ3v) is 2.86. The lowest BCUT2D eigenvalue weighted by molar-refractivity contribution is -0.137. The highest BCUT2D eigenvalue weighted by Crippen LogP contribution is 2.19. The Hall–Kier alpha value is -2.17. The van der Waals surface area contributed by atoms with E-state index in [9.17, 15) is 4.79 Å². The molecule has 1 aromatic heterocycles. The van der Waals surface area contributed by atoms with Crippen molar-refractivity contribution in [3.8, 4) is 11.5 Å². The number of hydrogen-bond donors (Lipinski definition) is 1. The molecule has 2 rings (SSSR count). The fourth-order valence-corrected chi connectivity index (χ4v) is 1.75. The second kappa shape index (κ2) is 6.13. The Morgan fingerprint density at radius 3 is 2.63 bits per heavy atom. The van der Waals surface area contributed by atoms with Gasteiger partial charge in [0.15, 0.2) is 0 Å². The van der Waals surface area contributed by atoms with Crippen molar-refractivity contribution < 1.29 is 14.3 Å². The van der Waals surface area contributed by atoms with Gasteiger partial charge in [0, 0.05) is 18.4 Å². The van der Waals surface area contributed by atoms with Crippen LogP contribution in [0.15, 0.2) is 28.7 Å². The van der Waals surface area contributed by atoms with E-state index in [2.05, 4.69) is 17.1 Å². The van der Waals surface area contributed by atoms with Gasteiger partial charge < -0.3 is 9.52 Å². The van der Waals surface area contributed by atoms with Crippen LogP contribution in [-0.2, 0) is 17.6 Å². The van der Waals surface area contributed by atoms with E-state index in [4.69, 9.17) is 9.52 Å². The van der Waals surface area contributed by atoms with E-state index in [0.717, 1.165) is 12.0 Å². The molecular weight excluding hydrogens is 244 g/mol. The Kier molecular flexibility index (Phi) is 4.28. The highest BCUT2D eigenvalue weighted by molar-refractivity contribution is 5.66. The van der Waals surface area contributed by atoms with Gasteiger partial charge in [0.25, 0.3) is 0 Å². The van der Waals surface area contributed by atoms with Crippen molar-refractivity contribution in [2.24, 2.45) is 0 Å². The average molecular weight is 260 g/mol. The van der Waals surface area contributed by atoms with Crippen molar-refractivity contribution >= 4 is 5.97 Å². The molecule has 0 aliphatic rings. The molecule has 0 amide bonds. The number of hydrogen-bond acceptors (Lipinski definition) is 4. The van der Waals surface area contributed by atoms with E-state index in [1.54, 1.807) is 0 Å². The molecule has 5 nitrogen and oxygen atoms in total. The number of carbonyl (C=O) groups is 1. The van der Waals surface area contributed by atoms with Gasteiger partial charge in [0.2, 0.25) is 11.8 Å². The molecule has 1 aromatic carbocycles. The minimum absolute atomic E-state index is 0.114. The molecule has 0 radical (unpaired) electrons. The molecule has 0 atom stereocenters. The van der Waals surface area contributed by atoms with Gasteiger partial charge in [0.1, 0.15) is 0 Å². The zero-order valence-corrected chi connectivity index (χ0v) is 10.8. The van der Waals surface area contributed by atoms with Crippen LogP contribution in [0.25, 0.3) is 11.5 Å². The molecular formula is C14H16N2O3. The predicted molar refractivity (Wildman–Crippen MR) is 69.7 cm³/mol. The predicted octanol–water partition coefficient (Wildman–Crippen LogP) is 2.71. The van der Waals surface area contributed by atoms with Crippen LogP contribution >= 0.6 is 0 Å². The lowest BCUT2D eigenvalue weighted by Crippen LogP contribution is -1.95. The quantitative estimate of drug-likeness (QED) is 0.864. The SMILES string of the molecule is CCc1ccc(-c2nnc(CCCC(=O)O)o2)cc1. The Balaban J connectivity index is 2.01. The first-order valence-corrected chi connectivity index (χ1v) is 6.32. The number of benzene rings is 1. The maximum absolute atomic E-state index is 10.4. The van der Waals surface area contributed by atoms with E-state index in [1.807, 2.05) is 24.3 Å². The molecule has 5 heteroatoms. The van der Waals surface area contributed by atoms with Crippen LogP contribution < -0.4 is 0 Å². The molecule has 19 heavy (non-hydrogen) atoms. The Labute approximate surface area is 111 Å². The van der Waals surface area contributed by atoms with Crippen LogP contribution in [0, 0.1) is 0 Å². The number of aliphatic carboxylic acids is 1. The lowest BCUT2D eigenvalue weighted by atomic mass is 10.1. The standard InChI is InChI=1S/C14H16N2O3/c1-2-10-6-8-11(9-7-10)14-16-15-12(19-14)4-3-5-13(17)18/h6-9H,2-5H2,1H3,(H,17,18). The third-order valence-electron chi connectivity index (χ3n) is 2.86. The Morgan fingerprint density at radius 2 is 2.00 bits per heavy atom. The van der Waals surface area contributed by atoms with Crippen LogP contribution in [0.3, 0.4) is 0 Å². The number of nitrogens with zero attached hydrogens (tertiary/aromatic N) is 2. The molecule has 100 valence electrons. The van der Waals surface area contributed by atoms with Gasteiger partial charge in [-0.25, -0.2) is 0 Å². The van der Waals surface area contributed by atoms with Crippen LogP contribution in [0.2, 0.25) is 0 Å². The zero-order valence-electron chi connectivity index (χ0n) is 10.8. The van der Waals surface area contributed by atoms with Crippen molar-refractivity contribution in [2.45, 2.75) is 32.6 Å². The first-order valence-electron chi connectivity index (χ1n) is 6.32. The molecule has 0 aliphatic heterocycles. The number of aryl methyl sites for hydroxylation is 2. The van der Waals surface area contributed by atoms with Gasteiger partial charge in [-0.1, -0.05) is 19.1 Å². The van der Waals surface area contributed by atoms with Crippen LogP contribution in [0.5, 0.6) is 0 Å². The number of carboxylic acids is 1. The summed E-state index contributed by atoms with van der Waals surface area (Å²) in [7, 11) is 0. The van der Waals surface area contributed by atoms with Crippen molar-refractivity contribution in [3.05, 3.63) is 35.7 Å². The van der Waals surface area contributed by atoms with Gasteiger partial charge in [-0.05, 0) is 30.5 Å². The lowest BCUT2D eigenvalue weighted by Gasteiger charge is -1.97. The molecule has 0 bridgehead atoms. The van der Waals surface area contributed by atoms with Gasteiger partial charge in [0.05, 0.1) is 0 Å². The minimum atomic E-state index is -0.810. The summed E-state index contributed by atoms with van der Waals surface area (Å²) in [6.45, 7) is 2.10. The van der Waals surface area contributed by atoms with Crippen molar-refractivity contribution in [1.82, 2.24) is 10.2 Å². The Morgan fingerprint density at radius 1 is 1.26 bits per heavy atom. The molecule has 0 unspecified atom stereocenters. The van der Waals surface area contributed by atoms with Crippen molar-refractivity contribution in [2.75, 3.05) is 0 Å². The summed E-state index contributed by atoms with van der Waals surface area (Å²) in [5, 5.41) is 16.5. The highest BCUT2D eigenvalue weighted by Gasteiger charge is 2.09. The summed E-state index contributed by atoms with van der Waals surface area (Å²) < 4.78 is 5.51. The molecule has 1 N–H and O–H groups in total. The summed E-state index contributed by atoms with van der Waals surface area (Å²) in [6.07, 6.45) is 2.10. The Bertz CT molecular complexity index is 546. The fourth-order valence-electron chi connectivity index (χ4n) is 1.75. The van der Waals surface area contributed by atoms with E-state index < -0.39 is 5.97 Å². The topological polar surface area (TPSA) is 76.2 Å². The van der Waals surface area contributed by atoms with Gasteiger partial charge in [-0.3, -0.25) is 4.79 Å². The average Bonchev–Trinajstić information content (AvgIpc) is 2.87. The van der Waals surface area contributed by atoms with Gasteiger partial charge >= 0.3 is 5.97 Å². The second-order valence-electron chi connectivity index (χ2n) is 4.30. The zero-order chi connectivity index (χ0) is 13.7. The van der Waals surface area contributed by atoms with Crippen LogP contribution in [-0.4, -0.2) is 21.3 Å². The third kappa shape index (κ3) is 3.64.